The third-order valence-corrected chi connectivity index (χ3v) is 5.85. The Morgan fingerprint density at radius 1 is 1.35 bits per heavy atom. The fourth-order valence-corrected chi connectivity index (χ4v) is 4.60. The molecule has 0 aliphatic heterocycles. The van der Waals surface area contributed by atoms with Crippen LogP contribution in [-0.4, -0.2) is 17.5 Å². The molecule has 2 saturated carbocycles. The fourth-order valence-electron chi connectivity index (χ4n) is 4.60. The Morgan fingerprint density at radius 2 is 2.06 bits per heavy atom. The summed E-state index contributed by atoms with van der Waals surface area (Å²) in [7, 11) is 0. The van der Waals surface area contributed by atoms with Crippen LogP contribution in [0, 0.1) is 22.7 Å². The average molecular weight is 234 g/mol. The Balaban J connectivity index is 2.03. The maximum absolute atomic E-state index is 12.4. The number of hydrogen-bond acceptors (Lipinski definition) is 2. The monoisotopic (exact) mass is 234 g/mol. The molecule has 2 nitrogen and oxygen atoms in total. The van der Waals surface area contributed by atoms with Gasteiger partial charge in [0.15, 0.2) is 5.78 Å². The van der Waals surface area contributed by atoms with Crippen LogP contribution in [0.25, 0.3) is 0 Å². The number of hydrogen-bond donors (Lipinski definition) is 1. The topological polar surface area (TPSA) is 37.3 Å². The summed E-state index contributed by atoms with van der Waals surface area (Å²) >= 11 is 0. The van der Waals surface area contributed by atoms with E-state index in [2.05, 4.69) is 13.8 Å². The van der Waals surface area contributed by atoms with Gasteiger partial charge in [0.05, 0.1) is 0 Å². The van der Waals surface area contributed by atoms with E-state index in [0.717, 1.165) is 24.8 Å². The molecule has 0 amide bonds. The van der Waals surface area contributed by atoms with E-state index in [0.29, 0.717) is 11.7 Å². The van der Waals surface area contributed by atoms with Gasteiger partial charge in [0.2, 0.25) is 0 Å². The molecule has 0 aromatic heterocycles. The van der Waals surface area contributed by atoms with Crippen molar-refractivity contribution in [3.8, 4) is 0 Å². The lowest BCUT2D eigenvalue weighted by molar-refractivity contribution is -0.123. The molecule has 0 aromatic rings. The first kappa shape index (κ1) is 11.5. The summed E-state index contributed by atoms with van der Waals surface area (Å²) in [5, 5.41) is 9.55. The Bertz CT molecular complexity index is 423. The van der Waals surface area contributed by atoms with Gasteiger partial charge in [-0.25, -0.2) is 0 Å². The second kappa shape index (κ2) is 3.23. The van der Waals surface area contributed by atoms with Gasteiger partial charge in [-0.15, -0.1) is 0 Å². The highest BCUT2D eigenvalue weighted by Crippen LogP contribution is 2.65. The van der Waals surface area contributed by atoms with Crippen LogP contribution < -0.4 is 0 Å². The normalized spacial score (nSPS) is 48.8. The molecule has 4 unspecified atom stereocenters. The number of allylic oxidation sites excluding steroid dienone is 2. The van der Waals surface area contributed by atoms with Crippen molar-refractivity contribution in [2.75, 3.05) is 6.61 Å². The minimum atomic E-state index is -0.0284. The van der Waals surface area contributed by atoms with E-state index in [4.69, 9.17) is 0 Å². The molecule has 3 aliphatic rings. The van der Waals surface area contributed by atoms with Gasteiger partial charge >= 0.3 is 0 Å². The average Bonchev–Trinajstić information content (AvgIpc) is 2.64. The molecule has 0 heterocycles. The zero-order valence-corrected chi connectivity index (χ0v) is 11.0. The summed E-state index contributed by atoms with van der Waals surface area (Å²) in [5.41, 5.74) is 2.71. The Kier molecular flexibility index (Phi) is 2.17. The number of carbonyl (C=O) groups is 1. The molecule has 0 spiro atoms. The summed E-state index contributed by atoms with van der Waals surface area (Å²) in [6.07, 6.45) is 4.25. The van der Waals surface area contributed by atoms with E-state index in [1.807, 2.05) is 6.92 Å². The number of carbonyl (C=O) groups excluding carboxylic acids is 1. The van der Waals surface area contributed by atoms with E-state index in [9.17, 15) is 9.90 Å². The standard InChI is InChI=1S/C15H22O2/c1-9-11-4-5-15(11,3)12-7-14(2,8-16)6-10(12)13(9)17/h10,12,16H,4-8H2,1-3H3. The van der Waals surface area contributed by atoms with Crippen LogP contribution in [0.1, 0.15) is 46.5 Å². The van der Waals surface area contributed by atoms with E-state index in [-0.39, 0.29) is 23.4 Å². The van der Waals surface area contributed by atoms with Crippen molar-refractivity contribution in [1.29, 1.82) is 0 Å². The lowest BCUT2D eigenvalue weighted by Gasteiger charge is -2.52. The van der Waals surface area contributed by atoms with Crippen LogP contribution in [0.15, 0.2) is 11.1 Å². The van der Waals surface area contributed by atoms with Crippen molar-refractivity contribution in [3.63, 3.8) is 0 Å². The zero-order chi connectivity index (χ0) is 12.4. The molecule has 4 atom stereocenters. The van der Waals surface area contributed by atoms with E-state index in [1.54, 1.807) is 0 Å². The van der Waals surface area contributed by atoms with Gasteiger partial charge in [-0.05, 0) is 54.9 Å². The Labute approximate surface area is 103 Å². The molecule has 0 radical (unpaired) electrons. The highest BCUT2D eigenvalue weighted by atomic mass is 16.3. The molecule has 1 N–H and O–H groups in total. The predicted molar refractivity (Wildman–Crippen MR) is 66.5 cm³/mol. The molecule has 2 fully saturated rings. The summed E-state index contributed by atoms with van der Waals surface area (Å²) in [4.78, 5) is 12.4. The molecule has 3 rings (SSSR count). The molecule has 0 aromatic carbocycles. The number of aliphatic hydroxyl groups is 1. The fraction of sp³-hybridized carbons (Fsp3) is 0.800. The molecule has 0 bridgehead atoms. The van der Waals surface area contributed by atoms with Crippen LogP contribution in [0.4, 0.5) is 0 Å². The van der Waals surface area contributed by atoms with E-state index >= 15 is 0 Å². The quantitative estimate of drug-likeness (QED) is 0.757. The summed E-state index contributed by atoms with van der Waals surface area (Å²) in [5.74, 6) is 1.04. The van der Waals surface area contributed by atoms with Gasteiger partial charge in [0.25, 0.3) is 0 Å². The van der Waals surface area contributed by atoms with Gasteiger partial charge in [0, 0.05) is 12.5 Å². The van der Waals surface area contributed by atoms with E-state index in [1.165, 1.54) is 12.0 Å². The largest absolute Gasteiger partial charge is 0.396 e. The minimum absolute atomic E-state index is 0.0284. The summed E-state index contributed by atoms with van der Waals surface area (Å²) in [6.45, 7) is 6.70. The molecule has 94 valence electrons. The third kappa shape index (κ3) is 1.28. The first-order valence-corrected chi connectivity index (χ1v) is 6.77. The highest BCUT2D eigenvalue weighted by Gasteiger charge is 2.59. The smallest absolute Gasteiger partial charge is 0.161 e. The molecule has 2 heteroatoms. The lowest BCUT2D eigenvalue weighted by Crippen LogP contribution is -2.46. The molecule has 17 heavy (non-hydrogen) atoms. The predicted octanol–water partition coefficient (Wildman–Crippen LogP) is 2.71. The Hall–Kier alpha value is -0.630. The van der Waals surface area contributed by atoms with Crippen LogP contribution in [0.2, 0.25) is 0 Å². The highest BCUT2D eigenvalue weighted by molar-refractivity contribution is 5.99. The minimum Gasteiger partial charge on any atom is -0.396 e. The zero-order valence-electron chi connectivity index (χ0n) is 11.0. The second-order valence-corrected chi connectivity index (χ2v) is 6.98. The first-order chi connectivity index (χ1) is 7.91. The second-order valence-electron chi connectivity index (χ2n) is 6.98. The number of rotatable bonds is 1. The molecular weight excluding hydrogens is 212 g/mol. The van der Waals surface area contributed by atoms with Gasteiger partial charge in [0.1, 0.15) is 0 Å². The maximum atomic E-state index is 12.4. The maximum Gasteiger partial charge on any atom is 0.161 e. The Morgan fingerprint density at radius 3 is 2.59 bits per heavy atom. The van der Waals surface area contributed by atoms with Gasteiger partial charge in [-0.3, -0.25) is 4.79 Å². The summed E-state index contributed by atoms with van der Waals surface area (Å²) in [6, 6.07) is 0. The van der Waals surface area contributed by atoms with Crippen molar-refractivity contribution in [1.82, 2.24) is 0 Å². The number of ketones is 1. The van der Waals surface area contributed by atoms with Crippen molar-refractivity contribution in [2.24, 2.45) is 22.7 Å². The molecular formula is C15H22O2. The first-order valence-electron chi connectivity index (χ1n) is 6.77. The molecule has 0 saturated heterocycles. The van der Waals surface area contributed by atoms with Crippen molar-refractivity contribution in [3.05, 3.63) is 11.1 Å². The van der Waals surface area contributed by atoms with Crippen molar-refractivity contribution in [2.45, 2.75) is 46.5 Å². The van der Waals surface area contributed by atoms with Gasteiger partial charge in [-0.2, -0.15) is 0 Å². The van der Waals surface area contributed by atoms with Gasteiger partial charge < -0.3 is 5.11 Å². The van der Waals surface area contributed by atoms with Crippen LogP contribution in [-0.2, 0) is 4.79 Å². The van der Waals surface area contributed by atoms with Crippen LogP contribution in [0.3, 0.4) is 0 Å². The van der Waals surface area contributed by atoms with Crippen LogP contribution in [0.5, 0.6) is 0 Å². The lowest BCUT2D eigenvalue weighted by atomic mass is 9.51. The third-order valence-electron chi connectivity index (χ3n) is 5.85. The van der Waals surface area contributed by atoms with E-state index < -0.39 is 0 Å². The molecule has 3 aliphatic carbocycles. The van der Waals surface area contributed by atoms with Crippen molar-refractivity contribution >= 4 is 5.78 Å². The SMILES string of the molecule is CC1=C2CCC2(C)C2CC(C)(CO)CC2C1=O. The number of Topliss-reactive ketones (excluding diaryl/α,β-unsaturated/α-hetero) is 1. The number of aliphatic hydroxyl groups excluding tert-OH is 1. The summed E-state index contributed by atoms with van der Waals surface area (Å²) < 4.78 is 0. The number of fused-ring (bicyclic) bond motifs is 3. The van der Waals surface area contributed by atoms with Crippen LogP contribution >= 0.6 is 0 Å². The van der Waals surface area contributed by atoms with Crippen molar-refractivity contribution < 1.29 is 9.90 Å². The van der Waals surface area contributed by atoms with Gasteiger partial charge in [-0.1, -0.05) is 19.4 Å².